The number of nitrogens with zero attached hydrogens (tertiary/aromatic N) is 1. The van der Waals surface area contributed by atoms with Crippen molar-refractivity contribution in [3.8, 4) is 0 Å². The number of nitrogens with one attached hydrogen (secondary N) is 3. The van der Waals surface area contributed by atoms with Crippen LogP contribution in [0.25, 0.3) is 0 Å². The fraction of sp³-hybridized carbons (Fsp3) is 0.556. The van der Waals surface area contributed by atoms with Gasteiger partial charge in [0.15, 0.2) is 0 Å². The summed E-state index contributed by atoms with van der Waals surface area (Å²) in [6.45, 7) is 1.03. The minimum Gasteiger partial charge on any atom is -0.323 e. The van der Waals surface area contributed by atoms with E-state index in [0.717, 1.165) is 18.7 Å². The third-order valence-electron chi connectivity index (χ3n) is 2.38. The quantitative estimate of drug-likeness (QED) is 0.656. The lowest BCUT2D eigenvalue weighted by atomic mass is 10.1. The Balaban J connectivity index is 1.78. The van der Waals surface area contributed by atoms with Gasteiger partial charge in [0.1, 0.15) is 0 Å². The third kappa shape index (κ3) is 2.32. The Kier molecular flexibility index (Phi) is 2.78. The molecule has 1 aromatic heterocycles. The van der Waals surface area contributed by atoms with Crippen LogP contribution in [0.4, 0.5) is 5.69 Å². The highest BCUT2D eigenvalue weighted by molar-refractivity contribution is 5.90. The number of aromatic amines is 1. The van der Waals surface area contributed by atoms with Crippen molar-refractivity contribution in [3.05, 3.63) is 12.4 Å². The maximum absolute atomic E-state index is 11.5. The summed E-state index contributed by atoms with van der Waals surface area (Å²) in [6.07, 6.45) is 6.08. The van der Waals surface area contributed by atoms with Gasteiger partial charge in [-0.15, -0.1) is 0 Å². The molecule has 1 aromatic rings. The Morgan fingerprint density at radius 3 is 3.29 bits per heavy atom. The van der Waals surface area contributed by atoms with Gasteiger partial charge in [-0.05, 0) is 19.4 Å². The highest BCUT2D eigenvalue weighted by atomic mass is 16.1. The number of rotatable bonds is 3. The Morgan fingerprint density at radius 2 is 2.64 bits per heavy atom. The zero-order valence-electron chi connectivity index (χ0n) is 7.92. The molecule has 1 unspecified atom stereocenters. The first-order valence-corrected chi connectivity index (χ1v) is 4.86. The van der Waals surface area contributed by atoms with Crippen LogP contribution in [0.5, 0.6) is 0 Å². The molecule has 3 N–H and O–H groups in total. The summed E-state index contributed by atoms with van der Waals surface area (Å²) in [5.74, 6) is 0.0470. The molecule has 0 aromatic carbocycles. The highest BCUT2D eigenvalue weighted by Gasteiger charge is 2.17. The van der Waals surface area contributed by atoms with Gasteiger partial charge in [0.2, 0.25) is 5.91 Å². The van der Waals surface area contributed by atoms with Crippen LogP contribution in [0.1, 0.15) is 19.3 Å². The lowest BCUT2D eigenvalue weighted by Crippen LogP contribution is -2.27. The van der Waals surface area contributed by atoms with Crippen molar-refractivity contribution in [2.24, 2.45) is 0 Å². The van der Waals surface area contributed by atoms with Gasteiger partial charge < -0.3 is 10.6 Å². The molecule has 1 saturated heterocycles. The molecular weight excluding hydrogens is 180 g/mol. The minimum atomic E-state index is 0.0470. The van der Waals surface area contributed by atoms with Crippen LogP contribution in [0.2, 0.25) is 0 Å². The monoisotopic (exact) mass is 194 g/mol. The van der Waals surface area contributed by atoms with Crippen molar-refractivity contribution in [1.29, 1.82) is 0 Å². The van der Waals surface area contributed by atoms with Crippen LogP contribution in [0.3, 0.4) is 0 Å². The second-order valence-corrected chi connectivity index (χ2v) is 3.53. The lowest BCUT2D eigenvalue weighted by Gasteiger charge is -2.08. The van der Waals surface area contributed by atoms with E-state index in [4.69, 9.17) is 0 Å². The Labute approximate surface area is 82.3 Å². The molecular formula is C9H14N4O. The molecule has 5 nitrogen and oxygen atoms in total. The molecule has 0 bridgehead atoms. The number of hydrogen-bond acceptors (Lipinski definition) is 3. The summed E-state index contributed by atoms with van der Waals surface area (Å²) < 4.78 is 0. The number of carbonyl (C=O) groups is 1. The van der Waals surface area contributed by atoms with E-state index in [1.165, 1.54) is 6.42 Å². The lowest BCUT2D eigenvalue weighted by molar-refractivity contribution is -0.116. The SMILES string of the molecule is O=C(CC1CCCN1)Nc1cn[nH]c1. The molecule has 2 heterocycles. The molecule has 14 heavy (non-hydrogen) atoms. The minimum absolute atomic E-state index is 0.0470. The largest absolute Gasteiger partial charge is 0.323 e. The van der Waals surface area contributed by atoms with Gasteiger partial charge in [0.05, 0.1) is 11.9 Å². The number of anilines is 1. The molecule has 1 amide bonds. The molecule has 0 saturated carbocycles. The van der Waals surface area contributed by atoms with Gasteiger partial charge in [-0.1, -0.05) is 0 Å². The van der Waals surface area contributed by atoms with Crippen molar-refractivity contribution in [2.75, 3.05) is 11.9 Å². The van der Waals surface area contributed by atoms with Gasteiger partial charge in [0.25, 0.3) is 0 Å². The molecule has 2 rings (SSSR count). The molecule has 1 aliphatic heterocycles. The summed E-state index contributed by atoms with van der Waals surface area (Å²) >= 11 is 0. The van der Waals surface area contributed by atoms with E-state index in [0.29, 0.717) is 12.5 Å². The van der Waals surface area contributed by atoms with E-state index in [1.54, 1.807) is 12.4 Å². The Hall–Kier alpha value is -1.36. The first kappa shape index (κ1) is 9.21. The van der Waals surface area contributed by atoms with Crippen LogP contribution in [0.15, 0.2) is 12.4 Å². The van der Waals surface area contributed by atoms with Crippen LogP contribution in [-0.2, 0) is 4.79 Å². The zero-order chi connectivity index (χ0) is 9.80. The standard InChI is InChI=1S/C9H14N4O/c14-9(4-7-2-1-3-10-7)13-8-5-11-12-6-8/h5-7,10H,1-4H2,(H,11,12)(H,13,14). The smallest absolute Gasteiger partial charge is 0.226 e. The maximum Gasteiger partial charge on any atom is 0.226 e. The Morgan fingerprint density at radius 1 is 1.71 bits per heavy atom. The molecule has 5 heteroatoms. The predicted molar refractivity (Wildman–Crippen MR) is 52.9 cm³/mol. The van der Waals surface area contributed by atoms with E-state index in [2.05, 4.69) is 20.8 Å². The Bertz CT molecular complexity index is 290. The fourth-order valence-corrected chi connectivity index (χ4v) is 1.69. The summed E-state index contributed by atoms with van der Waals surface area (Å²) in [6, 6.07) is 0.349. The molecule has 0 radical (unpaired) electrons. The molecule has 0 aliphatic carbocycles. The van der Waals surface area contributed by atoms with Gasteiger partial charge >= 0.3 is 0 Å². The van der Waals surface area contributed by atoms with Gasteiger partial charge in [0, 0.05) is 18.7 Å². The predicted octanol–water partition coefficient (Wildman–Crippen LogP) is 0.490. The van der Waals surface area contributed by atoms with E-state index in [-0.39, 0.29) is 5.91 Å². The van der Waals surface area contributed by atoms with Crippen LogP contribution >= 0.6 is 0 Å². The molecule has 1 fully saturated rings. The average molecular weight is 194 g/mol. The van der Waals surface area contributed by atoms with E-state index in [1.807, 2.05) is 0 Å². The van der Waals surface area contributed by atoms with Crippen LogP contribution < -0.4 is 10.6 Å². The topological polar surface area (TPSA) is 69.8 Å². The number of aromatic nitrogens is 2. The normalized spacial score (nSPS) is 21.0. The summed E-state index contributed by atoms with van der Waals surface area (Å²) in [7, 11) is 0. The van der Waals surface area contributed by atoms with Gasteiger partial charge in [-0.3, -0.25) is 9.89 Å². The average Bonchev–Trinajstić information content (AvgIpc) is 2.76. The van der Waals surface area contributed by atoms with E-state index in [9.17, 15) is 4.79 Å². The second-order valence-electron chi connectivity index (χ2n) is 3.53. The number of carbonyl (C=O) groups excluding carboxylic acids is 1. The van der Waals surface area contributed by atoms with E-state index >= 15 is 0 Å². The molecule has 0 spiro atoms. The zero-order valence-corrected chi connectivity index (χ0v) is 7.92. The van der Waals surface area contributed by atoms with Crippen LogP contribution in [-0.4, -0.2) is 28.7 Å². The van der Waals surface area contributed by atoms with Crippen molar-refractivity contribution in [3.63, 3.8) is 0 Å². The maximum atomic E-state index is 11.5. The summed E-state index contributed by atoms with van der Waals surface area (Å²) in [5, 5.41) is 12.5. The van der Waals surface area contributed by atoms with Crippen molar-refractivity contribution < 1.29 is 4.79 Å². The molecule has 76 valence electrons. The first-order chi connectivity index (χ1) is 6.84. The van der Waals surface area contributed by atoms with Crippen molar-refractivity contribution in [2.45, 2.75) is 25.3 Å². The first-order valence-electron chi connectivity index (χ1n) is 4.86. The highest BCUT2D eigenvalue weighted by Crippen LogP contribution is 2.10. The number of amides is 1. The van der Waals surface area contributed by atoms with Gasteiger partial charge in [-0.25, -0.2) is 0 Å². The van der Waals surface area contributed by atoms with Crippen molar-refractivity contribution >= 4 is 11.6 Å². The van der Waals surface area contributed by atoms with E-state index < -0.39 is 0 Å². The number of hydrogen-bond donors (Lipinski definition) is 3. The molecule has 1 aliphatic rings. The number of H-pyrrole nitrogens is 1. The van der Waals surface area contributed by atoms with Crippen molar-refractivity contribution in [1.82, 2.24) is 15.5 Å². The second kappa shape index (κ2) is 4.23. The van der Waals surface area contributed by atoms with Gasteiger partial charge in [-0.2, -0.15) is 5.10 Å². The fourth-order valence-electron chi connectivity index (χ4n) is 1.69. The summed E-state index contributed by atoms with van der Waals surface area (Å²) in [4.78, 5) is 11.5. The molecule has 1 atom stereocenters. The summed E-state index contributed by atoms with van der Waals surface area (Å²) in [5.41, 5.74) is 0.730. The van der Waals surface area contributed by atoms with Crippen LogP contribution in [0, 0.1) is 0 Å². The third-order valence-corrected chi connectivity index (χ3v) is 2.38.